The number of ether oxygens (including phenoxy) is 1. The average molecular weight is 229 g/mol. The lowest BCUT2D eigenvalue weighted by molar-refractivity contribution is 0.386. The molecule has 0 aromatic heterocycles. The van der Waals surface area contributed by atoms with Crippen molar-refractivity contribution in [1.29, 1.82) is 0 Å². The second kappa shape index (κ2) is 6.69. The van der Waals surface area contributed by atoms with Crippen molar-refractivity contribution in [2.24, 2.45) is 0 Å². The van der Waals surface area contributed by atoms with Gasteiger partial charge in [-0.1, -0.05) is 6.07 Å². The van der Waals surface area contributed by atoms with Crippen molar-refractivity contribution in [2.45, 2.75) is 6.42 Å². The molecule has 0 saturated carbocycles. The van der Waals surface area contributed by atoms with Crippen LogP contribution in [0.25, 0.3) is 0 Å². The summed E-state index contributed by atoms with van der Waals surface area (Å²) in [6.07, 6.45) is 0.814. The maximum atomic E-state index is 13.3. The average Bonchev–Trinajstić information content (AvgIpc) is 2.25. The molecule has 1 aromatic rings. The van der Waals surface area contributed by atoms with Crippen molar-refractivity contribution in [3.05, 3.63) is 29.6 Å². The molecule has 2 nitrogen and oxygen atoms in total. The monoisotopic (exact) mass is 229 g/mol. The maximum absolute atomic E-state index is 13.3. The lowest BCUT2D eigenvalue weighted by Crippen LogP contribution is -2.19. The Kier molecular flexibility index (Phi) is 5.50. The van der Waals surface area contributed by atoms with E-state index < -0.39 is 0 Å². The number of nitrogens with one attached hydrogen (secondary N) is 1. The molecule has 0 amide bonds. The van der Waals surface area contributed by atoms with Crippen LogP contribution in [0.1, 0.15) is 5.56 Å². The van der Waals surface area contributed by atoms with E-state index >= 15 is 0 Å². The van der Waals surface area contributed by atoms with E-state index in [-0.39, 0.29) is 5.82 Å². The number of halogens is 1. The van der Waals surface area contributed by atoms with E-state index in [0.717, 1.165) is 30.8 Å². The molecule has 15 heavy (non-hydrogen) atoms. The lowest BCUT2D eigenvalue weighted by atomic mass is 10.1. The van der Waals surface area contributed by atoms with E-state index in [1.807, 2.05) is 6.07 Å². The van der Waals surface area contributed by atoms with Crippen LogP contribution in [0.4, 0.5) is 4.39 Å². The molecule has 0 atom stereocenters. The van der Waals surface area contributed by atoms with Crippen LogP contribution in [-0.2, 0) is 6.42 Å². The Morgan fingerprint density at radius 1 is 1.40 bits per heavy atom. The summed E-state index contributed by atoms with van der Waals surface area (Å²) in [6, 6.07) is 5.05. The van der Waals surface area contributed by atoms with Crippen LogP contribution in [0.5, 0.6) is 5.75 Å². The predicted molar refractivity (Wildman–Crippen MR) is 63.4 cm³/mol. The Labute approximate surface area is 95.2 Å². The fraction of sp³-hybridized carbons (Fsp3) is 0.455. The quantitative estimate of drug-likeness (QED) is 0.574. The Balaban J connectivity index is 2.45. The molecule has 84 valence electrons. The van der Waals surface area contributed by atoms with Crippen molar-refractivity contribution < 1.29 is 9.13 Å². The van der Waals surface area contributed by atoms with Gasteiger partial charge in [0, 0.05) is 12.3 Å². The zero-order chi connectivity index (χ0) is 11.1. The van der Waals surface area contributed by atoms with E-state index in [1.54, 1.807) is 6.07 Å². The molecule has 0 aliphatic carbocycles. The molecule has 4 heteroatoms. The SMILES string of the molecule is COc1ccc(CCNCCS)cc1F. The molecular weight excluding hydrogens is 213 g/mol. The zero-order valence-electron chi connectivity index (χ0n) is 8.79. The molecule has 0 spiro atoms. The van der Waals surface area contributed by atoms with Crippen LogP contribution in [0.2, 0.25) is 0 Å². The summed E-state index contributed by atoms with van der Waals surface area (Å²) in [7, 11) is 1.46. The van der Waals surface area contributed by atoms with Crippen molar-refractivity contribution in [1.82, 2.24) is 5.32 Å². The van der Waals surface area contributed by atoms with E-state index in [1.165, 1.54) is 13.2 Å². The fourth-order valence-electron chi connectivity index (χ4n) is 1.30. The van der Waals surface area contributed by atoms with E-state index in [9.17, 15) is 4.39 Å². The molecule has 0 unspecified atom stereocenters. The first-order valence-corrected chi connectivity index (χ1v) is 5.55. The molecule has 0 radical (unpaired) electrons. The third-order valence-electron chi connectivity index (χ3n) is 2.10. The summed E-state index contributed by atoms with van der Waals surface area (Å²) in [5, 5.41) is 3.20. The minimum absolute atomic E-state index is 0.294. The molecule has 0 fully saturated rings. The van der Waals surface area contributed by atoms with Gasteiger partial charge in [0.1, 0.15) is 0 Å². The molecular formula is C11H16FNOS. The van der Waals surface area contributed by atoms with Crippen molar-refractivity contribution in [3.8, 4) is 5.75 Å². The number of hydrogen-bond acceptors (Lipinski definition) is 3. The van der Waals surface area contributed by atoms with Gasteiger partial charge in [-0.15, -0.1) is 0 Å². The first-order valence-electron chi connectivity index (χ1n) is 4.92. The smallest absolute Gasteiger partial charge is 0.165 e. The normalized spacial score (nSPS) is 10.3. The number of thiol groups is 1. The number of benzene rings is 1. The van der Waals surface area contributed by atoms with E-state index in [0.29, 0.717) is 5.75 Å². The highest BCUT2D eigenvalue weighted by molar-refractivity contribution is 7.80. The van der Waals surface area contributed by atoms with E-state index in [2.05, 4.69) is 17.9 Å². The minimum Gasteiger partial charge on any atom is -0.494 e. The molecule has 0 aliphatic heterocycles. The highest BCUT2D eigenvalue weighted by atomic mass is 32.1. The number of hydrogen-bond donors (Lipinski definition) is 2. The van der Waals surface area contributed by atoms with Gasteiger partial charge in [0.25, 0.3) is 0 Å². The van der Waals surface area contributed by atoms with Crippen molar-refractivity contribution in [2.75, 3.05) is 26.0 Å². The van der Waals surface area contributed by atoms with Gasteiger partial charge in [-0.3, -0.25) is 0 Å². The molecule has 0 heterocycles. The summed E-state index contributed by atoms with van der Waals surface area (Å²) in [5.74, 6) is 0.808. The van der Waals surface area contributed by atoms with Gasteiger partial charge in [-0.05, 0) is 30.7 Å². The third-order valence-corrected chi connectivity index (χ3v) is 2.32. The predicted octanol–water partition coefficient (Wildman–Crippen LogP) is 1.90. The van der Waals surface area contributed by atoms with Gasteiger partial charge in [-0.2, -0.15) is 12.6 Å². The first-order chi connectivity index (χ1) is 7.27. The molecule has 0 saturated heterocycles. The summed E-state index contributed by atoms with van der Waals surface area (Å²) in [5.41, 5.74) is 0.972. The Morgan fingerprint density at radius 2 is 2.20 bits per heavy atom. The molecule has 0 aliphatic rings. The van der Waals surface area contributed by atoms with Gasteiger partial charge in [-0.25, -0.2) is 4.39 Å². The van der Waals surface area contributed by atoms with Crippen LogP contribution < -0.4 is 10.1 Å². The van der Waals surface area contributed by atoms with Gasteiger partial charge in [0.2, 0.25) is 0 Å². The van der Waals surface area contributed by atoms with Crippen LogP contribution in [0.15, 0.2) is 18.2 Å². The lowest BCUT2D eigenvalue weighted by Gasteiger charge is -2.05. The van der Waals surface area contributed by atoms with Crippen molar-refractivity contribution >= 4 is 12.6 Å². The first kappa shape index (κ1) is 12.3. The summed E-state index contributed by atoms with van der Waals surface area (Å²) >= 11 is 4.08. The molecule has 1 aromatic carbocycles. The maximum Gasteiger partial charge on any atom is 0.165 e. The minimum atomic E-state index is -0.302. The van der Waals surface area contributed by atoms with Crippen LogP contribution >= 0.6 is 12.6 Å². The Hall–Kier alpha value is -0.740. The second-order valence-corrected chi connectivity index (χ2v) is 3.64. The van der Waals surface area contributed by atoms with Crippen molar-refractivity contribution in [3.63, 3.8) is 0 Å². The van der Waals surface area contributed by atoms with Gasteiger partial charge >= 0.3 is 0 Å². The summed E-state index contributed by atoms with van der Waals surface area (Å²) in [4.78, 5) is 0. The summed E-state index contributed by atoms with van der Waals surface area (Å²) in [6.45, 7) is 1.72. The second-order valence-electron chi connectivity index (χ2n) is 3.19. The Morgan fingerprint density at radius 3 is 2.80 bits per heavy atom. The van der Waals surface area contributed by atoms with E-state index in [4.69, 9.17) is 4.74 Å². The molecule has 1 N–H and O–H groups in total. The van der Waals surface area contributed by atoms with Crippen LogP contribution in [0, 0.1) is 5.82 Å². The topological polar surface area (TPSA) is 21.3 Å². The van der Waals surface area contributed by atoms with Crippen LogP contribution in [-0.4, -0.2) is 26.0 Å². The number of methoxy groups -OCH3 is 1. The Bertz CT molecular complexity index is 307. The third kappa shape index (κ3) is 4.10. The zero-order valence-corrected chi connectivity index (χ0v) is 9.69. The van der Waals surface area contributed by atoms with Gasteiger partial charge in [0.05, 0.1) is 7.11 Å². The van der Waals surface area contributed by atoms with Crippen LogP contribution in [0.3, 0.4) is 0 Å². The highest BCUT2D eigenvalue weighted by Crippen LogP contribution is 2.17. The molecule has 0 bridgehead atoms. The number of rotatable bonds is 6. The van der Waals surface area contributed by atoms with Gasteiger partial charge < -0.3 is 10.1 Å². The largest absolute Gasteiger partial charge is 0.494 e. The van der Waals surface area contributed by atoms with Gasteiger partial charge in [0.15, 0.2) is 11.6 Å². The fourth-order valence-corrected chi connectivity index (χ4v) is 1.46. The standard InChI is InChI=1S/C11H16FNOS/c1-14-11-3-2-9(8-10(11)12)4-5-13-6-7-15/h2-3,8,13,15H,4-7H2,1H3. The molecule has 1 rings (SSSR count). The highest BCUT2D eigenvalue weighted by Gasteiger charge is 2.02. The summed E-state index contributed by atoms with van der Waals surface area (Å²) < 4.78 is 18.1.